The van der Waals surface area contributed by atoms with Crippen LogP contribution >= 0.6 is 0 Å². The summed E-state index contributed by atoms with van der Waals surface area (Å²) < 4.78 is 1.68. The Morgan fingerprint density at radius 2 is 1.93 bits per heavy atom. The molecule has 0 saturated heterocycles. The van der Waals surface area contributed by atoms with E-state index in [-0.39, 0.29) is 11.8 Å². The smallest absolute Gasteiger partial charge is 0.228 e. The van der Waals surface area contributed by atoms with Crippen LogP contribution in [0.25, 0.3) is 22.0 Å². The number of nitrogens with zero attached hydrogens (tertiary/aromatic N) is 5. The highest BCUT2D eigenvalue weighted by molar-refractivity contribution is 5.95. The molecule has 0 atom stereocenters. The normalized spacial score (nSPS) is 19.9. The standard InChI is InChI=1S/C21H26N6O/c1-26(2)18-8-6-14(7-9-18)21(28)23-20-11-17-10-15(4-5-16(17)12-22-20)19-13-27(3)25-24-19/h4-5,10-14,18H,6-9H2,1-3H3,(H,22,23,28)/t14-,18-. The number of aryl methyl sites for hydroxylation is 1. The van der Waals surface area contributed by atoms with Crippen LogP contribution in [0.3, 0.4) is 0 Å². The van der Waals surface area contributed by atoms with Crippen molar-refractivity contribution >= 4 is 22.5 Å². The summed E-state index contributed by atoms with van der Waals surface area (Å²) in [4.78, 5) is 19.4. The predicted molar refractivity (Wildman–Crippen MR) is 110 cm³/mol. The van der Waals surface area contributed by atoms with Gasteiger partial charge >= 0.3 is 0 Å². The van der Waals surface area contributed by atoms with Gasteiger partial charge in [-0.05, 0) is 57.3 Å². The van der Waals surface area contributed by atoms with Gasteiger partial charge in [0, 0.05) is 36.2 Å². The Hall–Kier alpha value is -2.80. The number of hydrogen-bond acceptors (Lipinski definition) is 5. The van der Waals surface area contributed by atoms with Crippen molar-refractivity contribution in [2.24, 2.45) is 13.0 Å². The number of fused-ring (bicyclic) bond motifs is 1. The van der Waals surface area contributed by atoms with Crippen molar-refractivity contribution in [1.29, 1.82) is 0 Å². The second-order valence-corrected chi connectivity index (χ2v) is 7.87. The number of anilines is 1. The molecule has 1 amide bonds. The maximum Gasteiger partial charge on any atom is 0.228 e. The van der Waals surface area contributed by atoms with E-state index < -0.39 is 0 Å². The molecule has 146 valence electrons. The van der Waals surface area contributed by atoms with Gasteiger partial charge in [-0.2, -0.15) is 0 Å². The van der Waals surface area contributed by atoms with Crippen molar-refractivity contribution in [1.82, 2.24) is 24.9 Å². The number of hydrogen-bond donors (Lipinski definition) is 1. The number of amides is 1. The van der Waals surface area contributed by atoms with Crippen LogP contribution < -0.4 is 5.32 Å². The van der Waals surface area contributed by atoms with Gasteiger partial charge in [-0.25, -0.2) is 4.98 Å². The molecule has 1 aliphatic rings. The highest BCUT2D eigenvalue weighted by atomic mass is 16.1. The van der Waals surface area contributed by atoms with E-state index in [1.807, 2.05) is 31.4 Å². The van der Waals surface area contributed by atoms with E-state index in [2.05, 4.69) is 45.7 Å². The summed E-state index contributed by atoms with van der Waals surface area (Å²) in [5.74, 6) is 0.747. The van der Waals surface area contributed by atoms with Crippen LogP contribution in [0, 0.1) is 5.92 Å². The van der Waals surface area contributed by atoms with Gasteiger partial charge in [0.1, 0.15) is 11.5 Å². The number of pyridine rings is 1. The molecule has 28 heavy (non-hydrogen) atoms. The highest BCUT2D eigenvalue weighted by Crippen LogP contribution is 2.28. The number of nitrogens with one attached hydrogen (secondary N) is 1. The van der Waals surface area contributed by atoms with Crippen LogP contribution in [0.15, 0.2) is 36.7 Å². The summed E-state index contributed by atoms with van der Waals surface area (Å²) in [5, 5.41) is 13.2. The number of carbonyl (C=O) groups excluding carboxylic acids is 1. The molecule has 1 aromatic carbocycles. The Bertz CT molecular complexity index is 987. The lowest BCUT2D eigenvalue weighted by Gasteiger charge is -2.31. The third-order valence-electron chi connectivity index (χ3n) is 5.67. The zero-order chi connectivity index (χ0) is 19.7. The molecule has 2 heterocycles. The van der Waals surface area contributed by atoms with Crippen LogP contribution in [-0.4, -0.2) is 50.9 Å². The maximum absolute atomic E-state index is 12.7. The van der Waals surface area contributed by atoms with Crippen molar-refractivity contribution in [2.75, 3.05) is 19.4 Å². The van der Waals surface area contributed by atoms with Crippen molar-refractivity contribution < 1.29 is 4.79 Å². The van der Waals surface area contributed by atoms with Gasteiger partial charge in [-0.15, -0.1) is 5.10 Å². The van der Waals surface area contributed by atoms with Crippen molar-refractivity contribution in [3.05, 3.63) is 36.7 Å². The summed E-state index contributed by atoms with van der Waals surface area (Å²) >= 11 is 0. The molecule has 7 heteroatoms. The Morgan fingerprint density at radius 1 is 1.14 bits per heavy atom. The number of benzene rings is 1. The fourth-order valence-electron chi connectivity index (χ4n) is 3.93. The molecular weight excluding hydrogens is 352 g/mol. The fourth-order valence-corrected chi connectivity index (χ4v) is 3.93. The molecule has 1 fully saturated rings. The minimum Gasteiger partial charge on any atom is -0.310 e. The van der Waals surface area contributed by atoms with Crippen LogP contribution in [0.4, 0.5) is 5.82 Å². The van der Waals surface area contributed by atoms with E-state index in [9.17, 15) is 4.79 Å². The minimum absolute atomic E-state index is 0.0691. The SMILES string of the molecule is Cn1cc(-c2ccc3cnc(NC(=O)[C@H]4CC[C@H](N(C)C)CC4)cc3c2)nn1. The highest BCUT2D eigenvalue weighted by Gasteiger charge is 2.27. The molecule has 0 unspecified atom stereocenters. The molecule has 4 rings (SSSR count). The second kappa shape index (κ2) is 7.67. The molecule has 0 radical (unpaired) electrons. The first kappa shape index (κ1) is 18.6. The van der Waals surface area contributed by atoms with Gasteiger partial charge in [-0.1, -0.05) is 17.3 Å². The number of rotatable bonds is 4. The summed E-state index contributed by atoms with van der Waals surface area (Å²) in [6, 6.07) is 8.59. The number of carbonyl (C=O) groups is 1. The van der Waals surface area contributed by atoms with Crippen molar-refractivity contribution in [2.45, 2.75) is 31.7 Å². The Balaban J connectivity index is 1.49. The Labute approximate surface area is 164 Å². The lowest BCUT2D eigenvalue weighted by Crippen LogP contribution is -2.35. The molecule has 0 aliphatic heterocycles. The molecule has 3 aromatic rings. The molecule has 1 saturated carbocycles. The molecular formula is C21H26N6O. The minimum atomic E-state index is 0.0691. The van der Waals surface area contributed by atoms with Gasteiger partial charge in [0.15, 0.2) is 0 Å². The van der Waals surface area contributed by atoms with Crippen LogP contribution in [-0.2, 0) is 11.8 Å². The molecule has 1 N–H and O–H groups in total. The topological polar surface area (TPSA) is 75.9 Å². The average molecular weight is 378 g/mol. The maximum atomic E-state index is 12.7. The van der Waals surface area contributed by atoms with Crippen molar-refractivity contribution in [3.8, 4) is 11.3 Å². The Morgan fingerprint density at radius 3 is 2.61 bits per heavy atom. The molecule has 1 aliphatic carbocycles. The van der Waals surface area contributed by atoms with E-state index in [0.29, 0.717) is 11.9 Å². The lowest BCUT2D eigenvalue weighted by molar-refractivity contribution is -0.121. The van der Waals surface area contributed by atoms with E-state index in [1.54, 1.807) is 10.9 Å². The first-order valence-electron chi connectivity index (χ1n) is 9.73. The molecule has 2 aromatic heterocycles. The van der Waals surface area contributed by atoms with E-state index in [1.165, 1.54) is 0 Å². The molecule has 0 bridgehead atoms. The van der Waals surface area contributed by atoms with Gasteiger partial charge in [0.25, 0.3) is 0 Å². The van der Waals surface area contributed by atoms with E-state index in [4.69, 9.17) is 0 Å². The van der Waals surface area contributed by atoms with Gasteiger partial charge in [0.05, 0.1) is 6.20 Å². The molecule has 7 nitrogen and oxygen atoms in total. The van der Waals surface area contributed by atoms with Crippen molar-refractivity contribution in [3.63, 3.8) is 0 Å². The fraction of sp³-hybridized carbons (Fsp3) is 0.429. The van der Waals surface area contributed by atoms with Gasteiger partial charge in [-0.3, -0.25) is 9.48 Å². The Kier molecular flexibility index (Phi) is 5.09. The predicted octanol–water partition coefficient (Wildman–Crippen LogP) is 3.09. The zero-order valence-corrected chi connectivity index (χ0v) is 16.6. The zero-order valence-electron chi connectivity index (χ0n) is 16.6. The first-order valence-corrected chi connectivity index (χ1v) is 9.73. The second-order valence-electron chi connectivity index (χ2n) is 7.87. The monoisotopic (exact) mass is 378 g/mol. The third kappa shape index (κ3) is 3.89. The van der Waals surface area contributed by atoms with Crippen LogP contribution in [0.2, 0.25) is 0 Å². The lowest BCUT2D eigenvalue weighted by atomic mass is 9.85. The van der Waals surface area contributed by atoms with E-state index in [0.717, 1.165) is 47.7 Å². The largest absolute Gasteiger partial charge is 0.310 e. The summed E-state index contributed by atoms with van der Waals surface area (Å²) in [5.41, 5.74) is 1.82. The summed E-state index contributed by atoms with van der Waals surface area (Å²) in [6.07, 6.45) is 7.68. The molecule has 0 spiro atoms. The van der Waals surface area contributed by atoms with Crippen LogP contribution in [0.5, 0.6) is 0 Å². The summed E-state index contributed by atoms with van der Waals surface area (Å²) in [6.45, 7) is 0. The first-order chi connectivity index (χ1) is 13.5. The van der Waals surface area contributed by atoms with Crippen LogP contribution in [0.1, 0.15) is 25.7 Å². The number of aromatic nitrogens is 4. The van der Waals surface area contributed by atoms with Gasteiger partial charge in [0.2, 0.25) is 5.91 Å². The van der Waals surface area contributed by atoms with Gasteiger partial charge < -0.3 is 10.2 Å². The summed E-state index contributed by atoms with van der Waals surface area (Å²) in [7, 11) is 6.07. The average Bonchev–Trinajstić information content (AvgIpc) is 3.14. The quantitative estimate of drug-likeness (QED) is 0.755. The van der Waals surface area contributed by atoms with E-state index >= 15 is 0 Å². The third-order valence-corrected chi connectivity index (χ3v) is 5.67.